The Morgan fingerprint density at radius 3 is 2.33 bits per heavy atom. The molecule has 0 saturated heterocycles. The van der Waals surface area contributed by atoms with Crippen molar-refractivity contribution in [2.45, 2.75) is 6.18 Å². The van der Waals surface area contributed by atoms with Crippen molar-refractivity contribution >= 4 is 38.5 Å². The fourth-order valence-electron chi connectivity index (χ4n) is 1.07. The van der Waals surface area contributed by atoms with Gasteiger partial charge >= 0.3 is 6.18 Å². The summed E-state index contributed by atoms with van der Waals surface area (Å²) in [7, 11) is 0. The maximum atomic E-state index is 12.5. The second-order valence-electron chi connectivity index (χ2n) is 2.70. The molecule has 82 valence electrons. The summed E-state index contributed by atoms with van der Waals surface area (Å²) in [6, 6.07) is 1.95. The van der Waals surface area contributed by atoms with Gasteiger partial charge in [-0.2, -0.15) is 13.2 Å². The quantitative estimate of drug-likeness (QED) is 0.638. The third kappa shape index (κ3) is 2.63. The Balaban J connectivity index is 3.55. The number of carbonyl (C=O) groups excluding carboxylic acids is 1. The number of halogens is 5. The van der Waals surface area contributed by atoms with E-state index in [1.54, 1.807) is 0 Å². The van der Waals surface area contributed by atoms with Crippen LogP contribution in [0, 0.1) is 0 Å². The molecular weight excluding hydrogens is 298 g/mol. The molecule has 0 aliphatic carbocycles. The van der Waals surface area contributed by atoms with E-state index < -0.39 is 22.5 Å². The maximum Gasteiger partial charge on any atom is 0.418 e. The fraction of sp³-hybridized carbons (Fsp3) is 0.125. The van der Waals surface area contributed by atoms with Gasteiger partial charge in [0, 0.05) is 15.7 Å². The third-order valence-corrected chi connectivity index (χ3v) is 2.44. The van der Waals surface area contributed by atoms with Crippen molar-refractivity contribution < 1.29 is 18.0 Å². The largest absolute Gasteiger partial charge is 0.418 e. The molecule has 15 heavy (non-hydrogen) atoms. The summed E-state index contributed by atoms with van der Waals surface area (Å²) in [6.07, 6.45) is -4.66. The minimum atomic E-state index is -4.66. The number of carbonyl (C=O) groups is 1. The van der Waals surface area contributed by atoms with Gasteiger partial charge in [0.1, 0.15) is 0 Å². The molecule has 7 heteroatoms. The van der Waals surface area contributed by atoms with E-state index in [4.69, 9.17) is 17.3 Å². The van der Waals surface area contributed by atoms with Crippen molar-refractivity contribution in [1.29, 1.82) is 0 Å². The molecule has 1 aromatic carbocycles. The first-order chi connectivity index (χ1) is 6.73. The zero-order chi connectivity index (χ0) is 11.8. The average Bonchev–Trinajstić information content (AvgIpc) is 1.99. The molecule has 1 aromatic rings. The lowest BCUT2D eigenvalue weighted by atomic mass is 10.1. The van der Waals surface area contributed by atoms with Crippen molar-refractivity contribution in [1.82, 2.24) is 0 Å². The number of rotatable bonds is 1. The molecule has 0 atom stereocenters. The molecule has 0 bridgehead atoms. The number of benzene rings is 1. The van der Waals surface area contributed by atoms with Crippen molar-refractivity contribution in [2.75, 3.05) is 5.73 Å². The van der Waals surface area contributed by atoms with Crippen molar-refractivity contribution in [3.05, 3.63) is 27.7 Å². The van der Waals surface area contributed by atoms with Crippen LogP contribution in [0.5, 0.6) is 0 Å². The summed E-state index contributed by atoms with van der Waals surface area (Å²) in [5, 5.41) is -1.20. The molecule has 0 aromatic heterocycles. The van der Waals surface area contributed by atoms with Gasteiger partial charge in [-0.3, -0.25) is 4.79 Å². The SMILES string of the molecule is Nc1cc(Br)c(C(F)(F)F)c(C(=O)Cl)c1. The lowest BCUT2D eigenvalue weighted by Crippen LogP contribution is -2.12. The molecular formula is C8H4BrClF3NO. The van der Waals surface area contributed by atoms with Crippen molar-refractivity contribution in [2.24, 2.45) is 0 Å². The van der Waals surface area contributed by atoms with Crippen LogP contribution in [-0.4, -0.2) is 5.24 Å². The van der Waals surface area contributed by atoms with Gasteiger partial charge in [-0.1, -0.05) is 15.9 Å². The average molecular weight is 302 g/mol. The molecule has 0 unspecified atom stereocenters. The van der Waals surface area contributed by atoms with Crippen LogP contribution in [-0.2, 0) is 6.18 Å². The highest BCUT2D eigenvalue weighted by molar-refractivity contribution is 9.10. The normalized spacial score (nSPS) is 11.5. The summed E-state index contributed by atoms with van der Waals surface area (Å²) in [5.41, 5.74) is 3.56. The van der Waals surface area contributed by atoms with Crippen LogP contribution < -0.4 is 5.73 Å². The van der Waals surface area contributed by atoms with Gasteiger partial charge in [0.05, 0.1) is 5.56 Å². The molecule has 1 rings (SSSR count). The lowest BCUT2D eigenvalue weighted by Gasteiger charge is -2.13. The van der Waals surface area contributed by atoms with Crippen LogP contribution in [0.4, 0.5) is 18.9 Å². The van der Waals surface area contributed by atoms with Gasteiger partial charge in [-0.25, -0.2) is 0 Å². The van der Waals surface area contributed by atoms with E-state index in [-0.39, 0.29) is 10.2 Å². The van der Waals surface area contributed by atoms with Crippen LogP contribution in [0.2, 0.25) is 0 Å². The van der Waals surface area contributed by atoms with Gasteiger partial charge in [-0.05, 0) is 23.7 Å². The van der Waals surface area contributed by atoms with Gasteiger partial charge in [0.15, 0.2) is 0 Å². The van der Waals surface area contributed by atoms with Gasteiger partial charge < -0.3 is 5.73 Å². The number of hydrogen-bond donors (Lipinski definition) is 1. The first kappa shape index (κ1) is 12.3. The van der Waals surface area contributed by atoms with Crippen LogP contribution >= 0.6 is 27.5 Å². The molecule has 0 aliphatic heterocycles. The highest BCUT2D eigenvalue weighted by Crippen LogP contribution is 2.39. The van der Waals surface area contributed by atoms with E-state index in [9.17, 15) is 18.0 Å². The molecule has 2 nitrogen and oxygen atoms in total. The molecule has 0 saturated carbocycles. The third-order valence-electron chi connectivity index (χ3n) is 1.61. The molecule has 2 N–H and O–H groups in total. The van der Waals surface area contributed by atoms with Crippen LogP contribution in [0.25, 0.3) is 0 Å². The van der Waals surface area contributed by atoms with Crippen LogP contribution in [0.1, 0.15) is 15.9 Å². The first-order valence-electron chi connectivity index (χ1n) is 3.59. The van der Waals surface area contributed by atoms with E-state index >= 15 is 0 Å². The van der Waals surface area contributed by atoms with E-state index in [0.717, 1.165) is 12.1 Å². The number of alkyl halides is 3. The highest BCUT2D eigenvalue weighted by Gasteiger charge is 2.37. The maximum absolute atomic E-state index is 12.5. The topological polar surface area (TPSA) is 43.1 Å². The van der Waals surface area contributed by atoms with Gasteiger partial charge in [0.25, 0.3) is 5.24 Å². The zero-order valence-electron chi connectivity index (χ0n) is 7.03. The summed E-state index contributed by atoms with van der Waals surface area (Å²) >= 11 is 7.73. The Hall–Kier alpha value is -0.750. The van der Waals surface area contributed by atoms with Gasteiger partial charge in [0.2, 0.25) is 0 Å². The zero-order valence-corrected chi connectivity index (χ0v) is 9.37. The number of nitrogens with two attached hydrogens (primary N) is 1. The smallest absolute Gasteiger partial charge is 0.399 e. The summed E-state index contributed by atoms with van der Waals surface area (Å²) in [6.45, 7) is 0. The van der Waals surface area contributed by atoms with E-state index in [1.807, 2.05) is 0 Å². The predicted octanol–water partition coefficient (Wildman–Crippen LogP) is 3.43. The number of nitrogen functional groups attached to an aromatic ring is 1. The number of anilines is 1. The fourth-order valence-corrected chi connectivity index (χ4v) is 1.92. The summed E-state index contributed by atoms with van der Waals surface area (Å²) in [4.78, 5) is 10.8. The Morgan fingerprint density at radius 1 is 1.40 bits per heavy atom. The molecule has 0 spiro atoms. The molecule has 0 fully saturated rings. The van der Waals surface area contributed by atoms with Crippen LogP contribution in [0.15, 0.2) is 16.6 Å². The Labute approximate surface area is 96.3 Å². The number of hydrogen-bond acceptors (Lipinski definition) is 2. The van der Waals surface area contributed by atoms with E-state index in [0.29, 0.717) is 0 Å². The van der Waals surface area contributed by atoms with E-state index in [1.165, 1.54) is 0 Å². The first-order valence-corrected chi connectivity index (χ1v) is 4.76. The lowest BCUT2D eigenvalue weighted by molar-refractivity contribution is -0.138. The second kappa shape index (κ2) is 4.02. The Morgan fingerprint density at radius 2 is 1.93 bits per heavy atom. The predicted molar refractivity (Wildman–Crippen MR) is 53.7 cm³/mol. The Bertz CT molecular complexity index is 419. The second-order valence-corrected chi connectivity index (χ2v) is 3.89. The molecule has 0 radical (unpaired) electrons. The van der Waals surface area contributed by atoms with Gasteiger partial charge in [-0.15, -0.1) is 0 Å². The molecule has 0 heterocycles. The standard InChI is InChI=1S/C8H4BrClF3NO/c9-5-2-3(14)1-4(7(10)15)6(5)8(11,12)13/h1-2H,14H2. The van der Waals surface area contributed by atoms with Crippen molar-refractivity contribution in [3.63, 3.8) is 0 Å². The summed E-state index contributed by atoms with van der Waals surface area (Å²) < 4.78 is 37.3. The Kier molecular flexibility index (Phi) is 3.30. The monoisotopic (exact) mass is 301 g/mol. The van der Waals surface area contributed by atoms with Crippen LogP contribution in [0.3, 0.4) is 0 Å². The molecule has 0 amide bonds. The van der Waals surface area contributed by atoms with Crippen molar-refractivity contribution in [3.8, 4) is 0 Å². The minimum Gasteiger partial charge on any atom is -0.399 e. The molecule has 0 aliphatic rings. The van der Waals surface area contributed by atoms with E-state index in [2.05, 4.69) is 15.9 Å². The highest BCUT2D eigenvalue weighted by atomic mass is 79.9. The summed E-state index contributed by atoms with van der Waals surface area (Å²) in [5.74, 6) is 0. The minimum absolute atomic E-state index is 0.0267.